The number of aromatic nitrogens is 1. The fourth-order valence-corrected chi connectivity index (χ4v) is 2.83. The SMILES string of the molecule is CC(C)(C)c1nc(C2CCCCC2)c(Br)o1. The van der Waals surface area contributed by atoms with Crippen molar-refractivity contribution in [2.24, 2.45) is 0 Å². The summed E-state index contributed by atoms with van der Waals surface area (Å²) in [4.78, 5) is 4.69. The van der Waals surface area contributed by atoms with E-state index in [4.69, 9.17) is 9.40 Å². The lowest BCUT2D eigenvalue weighted by atomic mass is 9.87. The van der Waals surface area contributed by atoms with Gasteiger partial charge in [-0.25, -0.2) is 4.98 Å². The Morgan fingerprint density at radius 3 is 2.31 bits per heavy atom. The van der Waals surface area contributed by atoms with Crippen molar-refractivity contribution >= 4 is 15.9 Å². The van der Waals surface area contributed by atoms with Crippen LogP contribution in [-0.4, -0.2) is 4.98 Å². The third-order valence-corrected chi connectivity index (χ3v) is 3.81. The van der Waals surface area contributed by atoms with Gasteiger partial charge in [0.2, 0.25) is 5.89 Å². The second-order valence-electron chi connectivity index (χ2n) is 5.76. The Bertz CT molecular complexity index is 358. The standard InChI is InChI=1S/C13H20BrNO/c1-13(2,3)12-15-10(11(14)16-12)9-7-5-4-6-8-9/h9H,4-8H2,1-3H3. The third kappa shape index (κ3) is 2.50. The van der Waals surface area contributed by atoms with Crippen LogP contribution in [0.15, 0.2) is 9.09 Å². The van der Waals surface area contributed by atoms with Crippen LogP contribution in [0.2, 0.25) is 0 Å². The Kier molecular flexibility index (Phi) is 3.43. The molecule has 2 rings (SSSR count). The maximum atomic E-state index is 5.74. The predicted octanol–water partition coefficient (Wildman–Crippen LogP) is 4.78. The summed E-state index contributed by atoms with van der Waals surface area (Å²) in [5.41, 5.74) is 1.14. The van der Waals surface area contributed by atoms with Crippen molar-refractivity contribution in [2.45, 2.75) is 64.2 Å². The van der Waals surface area contributed by atoms with Gasteiger partial charge in [-0.1, -0.05) is 40.0 Å². The van der Waals surface area contributed by atoms with Crippen molar-refractivity contribution in [2.75, 3.05) is 0 Å². The number of rotatable bonds is 1. The molecule has 1 aromatic heterocycles. The van der Waals surface area contributed by atoms with Gasteiger partial charge >= 0.3 is 0 Å². The van der Waals surface area contributed by atoms with E-state index in [0.29, 0.717) is 5.92 Å². The first kappa shape index (κ1) is 12.2. The van der Waals surface area contributed by atoms with E-state index in [-0.39, 0.29) is 5.41 Å². The maximum absolute atomic E-state index is 5.74. The summed E-state index contributed by atoms with van der Waals surface area (Å²) in [5.74, 6) is 1.45. The lowest BCUT2D eigenvalue weighted by Gasteiger charge is -2.19. The lowest BCUT2D eigenvalue weighted by molar-refractivity contribution is 0.381. The highest BCUT2D eigenvalue weighted by atomic mass is 79.9. The third-order valence-electron chi connectivity index (χ3n) is 3.24. The van der Waals surface area contributed by atoms with Crippen LogP contribution in [0.25, 0.3) is 0 Å². The fourth-order valence-electron chi connectivity index (χ4n) is 2.26. The van der Waals surface area contributed by atoms with Crippen LogP contribution in [-0.2, 0) is 5.41 Å². The average molecular weight is 286 g/mol. The van der Waals surface area contributed by atoms with E-state index < -0.39 is 0 Å². The quantitative estimate of drug-likeness (QED) is 0.742. The largest absolute Gasteiger partial charge is 0.433 e. The molecule has 0 bridgehead atoms. The number of halogens is 1. The molecule has 1 heterocycles. The number of oxazole rings is 1. The summed E-state index contributed by atoms with van der Waals surface area (Å²) >= 11 is 3.52. The maximum Gasteiger partial charge on any atom is 0.201 e. The second-order valence-corrected chi connectivity index (χ2v) is 6.48. The van der Waals surface area contributed by atoms with Crippen LogP contribution < -0.4 is 0 Å². The smallest absolute Gasteiger partial charge is 0.201 e. The van der Waals surface area contributed by atoms with Crippen molar-refractivity contribution in [3.05, 3.63) is 16.3 Å². The van der Waals surface area contributed by atoms with Crippen LogP contribution in [0.1, 0.15) is 70.4 Å². The minimum Gasteiger partial charge on any atom is -0.433 e. The highest BCUT2D eigenvalue weighted by Crippen LogP contribution is 2.38. The Morgan fingerprint density at radius 2 is 1.81 bits per heavy atom. The van der Waals surface area contributed by atoms with Crippen LogP contribution in [0.5, 0.6) is 0 Å². The van der Waals surface area contributed by atoms with Gasteiger partial charge in [0, 0.05) is 11.3 Å². The molecular formula is C13H20BrNO. The number of hydrogen-bond acceptors (Lipinski definition) is 2. The van der Waals surface area contributed by atoms with Gasteiger partial charge in [-0.15, -0.1) is 0 Å². The molecule has 1 aliphatic carbocycles. The summed E-state index contributed by atoms with van der Waals surface area (Å²) in [6.07, 6.45) is 6.55. The van der Waals surface area contributed by atoms with E-state index in [1.165, 1.54) is 32.1 Å². The van der Waals surface area contributed by atoms with E-state index in [0.717, 1.165) is 16.3 Å². The molecule has 16 heavy (non-hydrogen) atoms. The first-order valence-electron chi connectivity index (χ1n) is 6.15. The van der Waals surface area contributed by atoms with E-state index >= 15 is 0 Å². The highest BCUT2D eigenvalue weighted by Gasteiger charge is 2.27. The van der Waals surface area contributed by atoms with Gasteiger partial charge in [0.05, 0.1) is 5.69 Å². The average Bonchev–Trinajstić information content (AvgIpc) is 2.61. The van der Waals surface area contributed by atoms with E-state index in [1.807, 2.05) is 0 Å². The molecule has 1 saturated carbocycles. The zero-order chi connectivity index (χ0) is 11.8. The Labute approximate surface area is 106 Å². The minimum atomic E-state index is -0.00453. The zero-order valence-electron chi connectivity index (χ0n) is 10.3. The number of hydrogen-bond donors (Lipinski definition) is 0. The van der Waals surface area contributed by atoms with Gasteiger partial charge in [-0.05, 0) is 28.8 Å². The molecule has 1 aliphatic rings. The Morgan fingerprint density at radius 1 is 1.19 bits per heavy atom. The molecule has 1 fully saturated rings. The molecule has 0 spiro atoms. The molecule has 90 valence electrons. The molecule has 0 atom stereocenters. The summed E-state index contributed by atoms with van der Waals surface area (Å²) in [7, 11) is 0. The predicted molar refractivity (Wildman–Crippen MR) is 68.7 cm³/mol. The van der Waals surface area contributed by atoms with Crippen LogP contribution in [0, 0.1) is 0 Å². The summed E-state index contributed by atoms with van der Waals surface area (Å²) in [6, 6.07) is 0. The molecular weight excluding hydrogens is 266 g/mol. The summed E-state index contributed by atoms with van der Waals surface area (Å²) < 4.78 is 6.59. The molecule has 0 saturated heterocycles. The molecule has 0 aromatic carbocycles. The van der Waals surface area contributed by atoms with Crippen LogP contribution in [0.4, 0.5) is 0 Å². The molecule has 0 radical (unpaired) electrons. The van der Waals surface area contributed by atoms with E-state index in [1.54, 1.807) is 0 Å². The first-order valence-corrected chi connectivity index (χ1v) is 6.94. The molecule has 3 heteroatoms. The van der Waals surface area contributed by atoms with E-state index in [9.17, 15) is 0 Å². The van der Waals surface area contributed by atoms with Crippen molar-refractivity contribution in [1.29, 1.82) is 0 Å². The van der Waals surface area contributed by atoms with Crippen LogP contribution in [0.3, 0.4) is 0 Å². The first-order chi connectivity index (χ1) is 7.48. The summed E-state index contributed by atoms with van der Waals surface area (Å²) in [5, 5.41) is 0. The van der Waals surface area contributed by atoms with Crippen molar-refractivity contribution in [3.8, 4) is 0 Å². The van der Waals surface area contributed by atoms with Gasteiger partial charge in [-0.2, -0.15) is 0 Å². The topological polar surface area (TPSA) is 26.0 Å². The molecule has 0 aliphatic heterocycles. The van der Waals surface area contributed by atoms with Crippen molar-refractivity contribution < 1.29 is 4.42 Å². The Balaban J connectivity index is 2.24. The van der Waals surface area contributed by atoms with Gasteiger partial charge in [-0.3, -0.25) is 0 Å². The molecule has 2 nitrogen and oxygen atoms in total. The van der Waals surface area contributed by atoms with Gasteiger partial charge in [0.15, 0.2) is 4.67 Å². The highest BCUT2D eigenvalue weighted by molar-refractivity contribution is 9.10. The van der Waals surface area contributed by atoms with Gasteiger partial charge < -0.3 is 4.42 Å². The Hall–Kier alpha value is -0.310. The monoisotopic (exact) mass is 285 g/mol. The second kappa shape index (κ2) is 4.52. The lowest BCUT2D eigenvalue weighted by Crippen LogP contribution is -2.12. The van der Waals surface area contributed by atoms with Crippen molar-refractivity contribution in [3.63, 3.8) is 0 Å². The minimum absolute atomic E-state index is 0.00453. The zero-order valence-corrected chi connectivity index (χ0v) is 11.9. The molecule has 1 aromatic rings. The fraction of sp³-hybridized carbons (Fsp3) is 0.769. The number of nitrogens with zero attached hydrogens (tertiary/aromatic N) is 1. The van der Waals surface area contributed by atoms with Gasteiger partial charge in [0.1, 0.15) is 0 Å². The molecule has 0 unspecified atom stereocenters. The molecule has 0 amide bonds. The summed E-state index contributed by atoms with van der Waals surface area (Å²) in [6.45, 7) is 6.40. The van der Waals surface area contributed by atoms with Crippen LogP contribution >= 0.6 is 15.9 Å². The van der Waals surface area contributed by atoms with E-state index in [2.05, 4.69) is 36.7 Å². The molecule has 0 N–H and O–H groups in total. The normalized spacial score (nSPS) is 19.0. The van der Waals surface area contributed by atoms with Gasteiger partial charge in [0.25, 0.3) is 0 Å². The van der Waals surface area contributed by atoms with Crippen molar-refractivity contribution in [1.82, 2.24) is 4.98 Å².